The van der Waals surface area contributed by atoms with Crippen LogP contribution in [0.25, 0.3) is 0 Å². The monoisotopic (exact) mass is 402 g/mol. The Bertz CT molecular complexity index is 1030. The van der Waals surface area contributed by atoms with Crippen LogP contribution in [0.4, 0.5) is 5.13 Å². The third-order valence-electron chi connectivity index (χ3n) is 3.92. The average Bonchev–Trinajstić information content (AvgIpc) is 3.07. The summed E-state index contributed by atoms with van der Waals surface area (Å²) in [5.74, 6) is -0.390. The number of nitrogens with zero attached hydrogens (tertiary/aromatic N) is 3. The van der Waals surface area contributed by atoms with Crippen LogP contribution in [-0.4, -0.2) is 20.7 Å². The Morgan fingerprint density at radius 2 is 2.11 bits per heavy atom. The maximum Gasteiger partial charge on any atom is 0.277 e. The number of nitrogens with one attached hydrogen (secondary N) is 1. The maximum atomic E-state index is 12.4. The van der Waals surface area contributed by atoms with E-state index in [2.05, 4.69) is 15.4 Å². The van der Waals surface area contributed by atoms with Crippen molar-refractivity contribution < 1.29 is 4.79 Å². The highest BCUT2D eigenvalue weighted by molar-refractivity contribution is 7.15. The molecule has 0 aliphatic rings. The van der Waals surface area contributed by atoms with Crippen LogP contribution in [0.1, 0.15) is 39.8 Å². The summed E-state index contributed by atoms with van der Waals surface area (Å²) in [6.07, 6.45) is 3.18. The van der Waals surface area contributed by atoms with Gasteiger partial charge in [0.05, 0.1) is 0 Å². The Kier molecular flexibility index (Phi) is 6.03. The zero-order valence-corrected chi connectivity index (χ0v) is 16.6. The molecular weight excluding hydrogens is 384 g/mol. The summed E-state index contributed by atoms with van der Waals surface area (Å²) >= 11 is 7.56. The molecule has 2 aromatic heterocycles. The molecule has 8 heteroatoms. The van der Waals surface area contributed by atoms with Gasteiger partial charge in [0.1, 0.15) is 5.69 Å². The van der Waals surface area contributed by atoms with Gasteiger partial charge in [-0.25, -0.2) is 9.67 Å². The summed E-state index contributed by atoms with van der Waals surface area (Å²) in [7, 11) is 0. The molecule has 1 N–H and O–H groups in total. The van der Waals surface area contributed by atoms with E-state index in [1.54, 1.807) is 6.20 Å². The van der Waals surface area contributed by atoms with Crippen LogP contribution in [0.5, 0.6) is 0 Å². The Labute approximate surface area is 165 Å². The highest BCUT2D eigenvalue weighted by atomic mass is 35.5. The number of carbonyl (C=O) groups is 1. The van der Waals surface area contributed by atoms with Crippen molar-refractivity contribution in [3.63, 3.8) is 0 Å². The molecule has 3 aromatic rings. The molecule has 0 fully saturated rings. The molecule has 6 nitrogen and oxygen atoms in total. The van der Waals surface area contributed by atoms with Gasteiger partial charge in [0.25, 0.3) is 11.5 Å². The molecule has 0 saturated carbocycles. The van der Waals surface area contributed by atoms with Crippen molar-refractivity contribution in [2.45, 2.75) is 33.2 Å². The van der Waals surface area contributed by atoms with Crippen LogP contribution in [0.2, 0.25) is 5.02 Å². The summed E-state index contributed by atoms with van der Waals surface area (Å²) in [6.45, 7) is 4.38. The second-order valence-electron chi connectivity index (χ2n) is 6.13. The number of anilines is 1. The zero-order chi connectivity index (χ0) is 19.4. The fraction of sp³-hybridized carbons (Fsp3) is 0.263. The van der Waals surface area contributed by atoms with E-state index in [0.29, 0.717) is 18.1 Å². The van der Waals surface area contributed by atoms with Crippen molar-refractivity contribution in [3.05, 3.63) is 73.6 Å². The lowest BCUT2D eigenvalue weighted by atomic mass is 10.1. The molecule has 0 radical (unpaired) electrons. The minimum atomic E-state index is -0.390. The van der Waals surface area contributed by atoms with Crippen molar-refractivity contribution in [2.24, 2.45) is 0 Å². The Balaban J connectivity index is 1.70. The minimum absolute atomic E-state index is 0.185. The molecule has 140 valence electrons. The first-order chi connectivity index (χ1) is 13.0. The number of aryl methyl sites for hydroxylation is 2. The smallest absolute Gasteiger partial charge is 0.277 e. The average molecular weight is 403 g/mol. The van der Waals surface area contributed by atoms with Gasteiger partial charge in [-0.1, -0.05) is 30.7 Å². The molecule has 3 rings (SSSR count). The number of benzene rings is 1. The second kappa shape index (κ2) is 8.45. The first kappa shape index (κ1) is 19.3. The molecule has 0 atom stereocenters. The molecule has 0 spiro atoms. The molecule has 2 heterocycles. The van der Waals surface area contributed by atoms with Gasteiger partial charge in [0.2, 0.25) is 0 Å². The van der Waals surface area contributed by atoms with Gasteiger partial charge < -0.3 is 0 Å². The number of amides is 1. The first-order valence-corrected chi connectivity index (χ1v) is 9.75. The van der Waals surface area contributed by atoms with Gasteiger partial charge >= 0.3 is 0 Å². The molecule has 0 unspecified atom stereocenters. The maximum absolute atomic E-state index is 12.4. The van der Waals surface area contributed by atoms with E-state index in [9.17, 15) is 9.59 Å². The summed E-state index contributed by atoms with van der Waals surface area (Å²) < 4.78 is 1.29. The number of thiazole rings is 1. The van der Waals surface area contributed by atoms with E-state index in [-0.39, 0.29) is 17.2 Å². The topological polar surface area (TPSA) is 76.9 Å². The van der Waals surface area contributed by atoms with Crippen LogP contribution in [0, 0.1) is 6.92 Å². The lowest BCUT2D eigenvalue weighted by Crippen LogP contribution is -2.26. The van der Waals surface area contributed by atoms with E-state index in [1.165, 1.54) is 28.2 Å². The highest BCUT2D eigenvalue weighted by Gasteiger charge is 2.12. The van der Waals surface area contributed by atoms with Gasteiger partial charge in [-0.15, -0.1) is 11.3 Å². The Hall–Kier alpha value is -2.51. The van der Waals surface area contributed by atoms with E-state index in [1.807, 2.05) is 32.0 Å². The van der Waals surface area contributed by atoms with Gasteiger partial charge in [-0.2, -0.15) is 5.10 Å². The number of rotatable bonds is 6. The Morgan fingerprint density at radius 1 is 1.30 bits per heavy atom. The summed E-state index contributed by atoms with van der Waals surface area (Å²) in [5.41, 5.74) is 2.09. The molecule has 0 bridgehead atoms. The van der Waals surface area contributed by atoms with E-state index in [0.717, 1.165) is 27.4 Å². The fourth-order valence-electron chi connectivity index (χ4n) is 2.50. The Morgan fingerprint density at radius 3 is 2.85 bits per heavy atom. The molecule has 0 saturated heterocycles. The molecule has 0 aliphatic carbocycles. The largest absolute Gasteiger partial charge is 0.296 e. The number of aromatic nitrogens is 3. The predicted molar refractivity (Wildman–Crippen MR) is 108 cm³/mol. The first-order valence-electron chi connectivity index (χ1n) is 8.55. The van der Waals surface area contributed by atoms with Gasteiger partial charge in [0, 0.05) is 35.1 Å². The normalized spacial score (nSPS) is 10.8. The summed E-state index contributed by atoms with van der Waals surface area (Å²) in [6, 6.07) is 8.73. The van der Waals surface area contributed by atoms with Crippen molar-refractivity contribution in [2.75, 3.05) is 5.32 Å². The fourth-order valence-corrected chi connectivity index (χ4v) is 3.54. The van der Waals surface area contributed by atoms with Crippen molar-refractivity contribution in [1.82, 2.24) is 14.8 Å². The number of carbonyl (C=O) groups excluding carboxylic acids is 1. The van der Waals surface area contributed by atoms with E-state index in [4.69, 9.17) is 11.6 Å². The molecule has 1 amide bonds. The van der Waals surface area contributed by atoms with Crippen LogP contribution in [-0.2, 0) is 13.0 Å². The highest BCUT2D eigenvalue weighted by Crippen LogP contribution is 2.24. The molecule has 0 aliphatic heterocycles. The van der Waals surface area contributed by atoms with Crippen molar-refractivity contribution in [1.29, 1.82) is 0 Å². The SMILES string of the molecule is CCCn1nc(C(=O)Nc2ncc(Cc3ccc(C)c(Cl)c3)s2)ccc1=O. The number of hydrogen-bond acceptors (Lipinski definition) is 5. The molecule has 1 aromatic carbocycles. The standard InChI is InChI=1S/C19H19ClN4O2S/c1-3-8-24-17(25)7-6-16(23-24)18(26)22-19-21-11-14(27-19)9-13-5-4-12(2)15(20)10-13/h4-7,10-11H,3,8-9H2,1-2H3,(H,21,22,26). The van der Waals surface area contributed by atoms with E-state index < -0.39 is 0 Å². The number of halogens is 1. The van der Waals surface area contributed by atoms with Gasteiger partial charge in [-0.3, -0.25) is 14.9 Å². The van der Waals surface area contributed by atoms with E-state index >= 15 is 0 Å². The lowest BCUT2D eigenvalue weighted by Gasteiger charge is -2.05. The van der Waals surface area contributed by atoms with Gasteiger partial charge in [0.15, 0.2) is 5.13 Å². The third-order valence-corrected chi connectivity index (χ3v) is 5.24. The quantitative estimate of drug-likeness (QED) is 0.678. The molecular formula is C19H19ClN4O2S. The minimum Gasteiger partial charge on any atom is -0.296 e. The zero-order valence-electron chi connectivity index (χ0n) is 15.0. The molecule has 27 heavy (non-hydrogen) atoms. The van der Waals surface area contributed by atoms with Gasteiger partial charge in [-0.05, 0) is 36.6 Å². The third kappa shape index (κ3) is 4.81. The summed E-state index contributed by atoms with van der Waals surface area (Å²) in [4.78, 5) is 29.4. The van der Waals surface area contributed by atoms with Crippen LogP contribution in [0.15, 0.2) is 41.3 Å². The summed E-state index contributed by atoms with van der Waals surface area (Å²) in [5, 5.41) is 8.07. The van der Waals surface area contributed by atoms with Crippen LogP contribution >= 0.6 is 22.9 Å². The van der Waals surface area contributed by atoms with Crippen LogP contribution in [0.3, 0.4) is 0 Å². The van der Waals surface area contributed by atoms with Crippen molar-refractivity contribution in [3.8, 4) is 0 Å². The van der Waals surface area contributed by atoms with Crippen LogP contribution < -0.4 is 10.9 Å². The van der Waals surface area contributed by atoms with Crippen molar-refractivity contribution >= 4 is 34.0 Å². The second-order valence-corrected chi connectivity index (χ2v) is 7.65. The predicted octanol–water partition coefficient (Wildman–Crippen LogP) is 3.91. The lowest BCUT2D eigenvalue weighted by molar-refractivity contribution is 0.101. The number of hydrogen-bond donors (Lipinski definition) is 1.